The molecule has 0 spiro atoms. The van der Waals surface area contributed by atoms with Gasteiger partial charge in [-0.25, -0.2) is 0 Å². The van der Waals surface area contributed by atoms with E-state index >= 15 is 0 Å². The van der Waals surface area contributed by atoms with Crippen molar-refractivity contribution in [3.8, 4) is 0 Å². The summed E-state index contributed by atoms with van der Waals surface area (Å²) in [4.78, 5) is 14.1. The van der Waals surface area contributed by atoms with E-state index in [-0.39, 0.29) is 5.91 Å². The van der Waals surface area contributed by atoms with Crippen LogP contribution in [0.5, 0.6) is 0 Å². The number of nitrogens with one attached hydrogen (secondary N) is 1. The molecule has 0 bridgehead atoms. The number of amides is 1. The number of hydrogen-bond acceptors (Lipinski definition) is 3. The van der Waals surface area contributed by atoms with E-state index in [0.29, 0.717) is 18.5 Å². The van der Waals surface area contributed by atoms with Gasteiger partial charge in [0.15, 0.2) is 0 Å². The maximum atomic E-state index is 11.8. The van der Waals surface area contributed by atoms with E-state index in [1.165, 1.54) is 19.3 Å². The summed E-state index contributed by atoms with van der Waals surface area (Å²) in [6.45, 7) is 5.36. The van der Waals surface area contributed by atoms with Gasteiger partial charge in [-0.3, -0.25) is 9.69 Å². The van der Waals surface area contributed by atoms with Crippen LogP contribution in [0, 0.1) is 11.8 Å². The van der Waals surface area contributed by atoms with Gasteiger partial charge < -0.3 is 11.1 Å². The maximum Gasteiger partial charge on any atom is 0.234 e. The molecule has 1 aliphatic heterocycles. The standard InChI is InChI=1S/C13H25N3O/c1-10-2-3-12(6-14)8-16(10)9-13(17)15-7-11-4-5-11/h10-12H,2-9,14H2,1H3,(H,15,17). The summed E-state index contributed by atoms with van der Waals surface area (Å²) in [5.74, 6) is 1.51. The van der Waals surface area contributed by atoms with Gasteiger partial charge in [-0.05, 0) is 51.0 Å². The second kappa shape index (κ2) is 5.83. The third-order valence-corrected chi connectivity index (χ3v) is 4.07. The Kier molecular flexibility index (Phi) is 4.40. The molecule has 3 N–H and O–H groups in total. The van der Waals surface area contributed by atoms with Crippen molar-refractivity contribution in [2.45, 2.75) is 38.6 Å². The molecular formula is C13H25N3O. The summed E-state index contributed by atoms with van der Waals surface area (Å²) >= 11 is 0. The van der Waals surface area contributed by atoms with Crippen molar-refractivity contribution in [2.75, 3.05) is 26.2 Å². The van der Waals surface area contributed by atoms with E-state index < -0.39 is 0 Å². The lowest BCUT2D eigenvalue weighted by Gasteiger charge is -2.37. The minimum absolute atomic E-state index is 0.182. The Morgan fingerprint density at radius 1 is 1.29 bits per heavy atom. The summed E-state index contributed by atoms with van der Waals surface area (Å²) in [6.07, 6.45) is 4.95. The predicted octanol–water partition coefficient (Wildman–Crippen LogP) is 0.572. The average molecular weight is 239 g/mol. The van der Waals surface area contributed by atoms with Crippen LogP contribution in [0.25, 0.3) is 0 Å². The van der Waals surface area contributed by atoms with E-state index in [0.717, 1.165) is 32.0 Å². The van der Waals surface area contributed by atoms with Crippen LogP contribution in [-0.4, -0.2) is 43.0 Å². The molecule has 0 aromatic carbocycles. The molecule has 1 saturated heterocycles. The Bertz CT molecular complexity index is 265. The molecule has 0 aromatic rings. The zero-order valence-electron chi connectivity index (χ0n) is 10.8. The first kappa shape index (κ1) is 12.8. The van der Waals surface area contributed by atoms with Crippen LogP contribution in [0.4, 0.5) is 0 Å². The Morgan fingerprint density at radius 3 is 2.65 bits per heavy atom. The number of nitrogens with two attached hydrogens (primary N) is 1. The summed E-state index contributed by atoms with van der Waals surface area (Å²) in [6, 6.07) is 0.518. The monoisotopic (exact) mass is 239 g/mol. The molecule has 2 fully saturated rings. The quantitative estimate of drug-likeness (QED) is 0.737. The number of carbonyl (C=O) groups excluding carboxylic acids is 1. The maximum absolute atomic E-state index is 11.8. The lowest BCUT2D eigenvalue weighted by atomic mass is 9.93. The topological polar surface area (TPSA) is 58.4 Å². The first-order chi connectivity index (χ1) is 8.19. The fourth-order valence-corrected chi connectivity index (χ4v) is 2.50. The van der Waals surface area contributed by atoms with Crippen molar-refractivity contribution in [3.63, 3.8) is 0 Å². The Labute approximate surface area is 104 Å². The van der Waals surface area contributed by atoms with Crippen LogP contribution >= 0.6 is 0 Å². The van der Waals surface area contributed by atoms with E-state index in [2.05, 4.69) is 17.1 Å². The van der Waals surface area contributed by atoms with Gasteiger partial charge in [-0.2, -0.15) is 0 Å². The highest BCUT2D eigenvalue weighted by Gasteiger charge is 2.27. The second-order valence-electron chi connectivity index (χ2n) is 5.70. The first-order valence-corrected chi connectivity index (χ1v) is 6.90. The largest absolute Gasteiger partial charge is 0.355 e. The molecule has 2 rings (SSSR count). The molecule has 1 heterocycles. The first-order valence-electron chi connectivity index (χ1n) is 6.90. The van der Waals surface area contributed by atoms with E-state index in [1.807, 2.05) is 0 Å². The lowest BCUT2D eigenvalue weighted by Crippen LogP contribution is -2.48. The number of nitrogens with zero attached hydrogens (tertiary/aromatic N) is 1. The van der Waals surface area contributed by atoms with Crippen molar-refractivity contribution < 1.29 is 4.79 Å². The van der Waals surface area contributed by atoms with Gasteiger partial charge in [0.1, 0.15) is 0 Å². The van der Waals surface area contributed by atoms with E-state index in [4.69, 9.17) is 5.73 Å². The molecule has 1 saturated carbocycles. The van der Waals surface area contributed by atoms with Crippen molar-refractivity contribution in [3.05, 3.63) is 0 Å². The van der Waals surface area contributed by atoms with Crippen LogP contribution in [0.3, 0.4) is 0 Å². The van der Waals surface area contributed by atoms with Crippen LogP contribution in [0.1, 0.15) is 32.6 Å². The average Bonchev–Trinajstić information content (AvgIpc) is 3.13. The highest BCUT2D eigenvalue weighted by molar-refractivity contribution is 5.78. The fourth-order valence-electron chi connectivity index (χ4n) is 2.50. The van der Waals surface area contributed by atoms with Gasteiger partial charge in [0.25, 0.3) is 0 Å². The predicted molar refractivity (Wildman–Crippen MR) is 68.5 cm³/mol. The van der Waals surface area contributed by atoms with Crippen LogP contribution < -0.4 is 11.1 Å². The molecule has 0 aromatic heterocycles. The fraction of sp³-hybridized carbons (Fsp3) is 0.923. The third-order valence-electron chi connectivity index (χ3n) is 4.07. The minimum atomic E-state index is 0.182. The van der Waals surface area contributed by atoms with Gasteiger partial charge >= 0.3 is 0 Å². The molecule has 1 aliphatic carbocycles. The summed E-state index contributed by atoms with van der Waals surface area (Å²) in [5.41, 5.74) is 5.72. The molecule has 2 atom stereocenters. The highest BCUT2D eigenvalue weighted by Crippen LogP contribution is 2.27. The molecule has 0 radical (unpaired) electrons. The number of likely N-dealkylation sites (tertiary alicyclic amines) is 1. The number of piperidine rings is 1. The van der Waals surface area contributed by atoms with E-state index in [1.54, 1.807) is 0 Å². The van der Waals surface area contributed by atoms with Crippen LogP contribution in [0.2, 0.25) is 0 Å². The zero-order chi connectivity index (χ0) is 12.3. The second-order valence-corrected chi connectivity index (χ2v) is 5.70. The van der Waals surface area contributed by atoms with Crippen molar-refractivity contribution in [1.29, 1.82) is 0 Å². The molecule has 1 amide bonds. The van der Waals surface area contributed by atoms with Gasteiger partial charge in [-0.15, -0.1) is 0 Å². The number of carbonyl (C=O) groups is 1. The molecule has 4 nitrogen and oxygen atoms in total. The van der Waals surface area contributed by atoms with Gasteiger partial charge in [0.05, 0.1) is 6.54 Å². The van der Waals surface area contributed by atoms with Gasteiger partial charge in [0, 0.05) is 19.1 Å². The Balaban J connectivity index is 1.72. The number of hydrogen-bond donors (Lipinski definition) is 2. The Hall–Kier alpha value is -0.610. The molecule has 4 heteroatoms. The minimum Gasteiger partial charge on any atom is -0.355 e. The SMILES string of the molecule is CC1CCC(CN)CN1CC(=O)NCC1CC1. The highest BCUT2D eigenvalue weighted by atomic mass is 16.2. The summed E-state index contributed by atoms with van der Waals surface area (Å²) in [5, 5.41) is 3.03. The smallest absolute Gasteiger partial charge is 0.234 e. The van der Waals surface area contributed by atoms with Gasteiger partial charge in [-0.1, -0.05) is 0 Å². The number of rotatable bonds is 5. The van der Waals surface area contributed by atoms with Gasteiger partial charge in [0.2, 0.25) is 5.91 Å². The molecular weight excluding hydrogens is 214 g/mol. The van der Waals surface area contributed by atoms with Crippen molar-refractivity contribution >= 4 is 5.91 Å². The van der Waals surface area contributed by atoms with Crippen LogP contribution in [0.15, 0.2) is 0 Å². The normalized spacial score (nSPS) is 30.2. The summed E-state index contributed by atoms with van der Waals surface area (Å²) < 4.78 is 0. The summed E-state index contributed by atoms with van der Waals surface area (Å²) in [7, 11) is 0. The molecule has 98 valence electrons. The molecule has 17 heavy (non-hydrogen) atoms. The Morgan fingerprint density at radius 2 is 2.00 bits per heavy atom. The van der Waals surface area contributed by atoms with Crippen molar-refractivity contribution in [1.82, 2.24) is 10.2 Å². The van der Waals surface area contributed by atoms with Crippen LogP contribution in [-0.2, 0) is 4.79 Å². The van der Waals surface area contributed by atoms with E-state index in [9.17, 15) is 4.79 Å². The van der Waals surface area contributed by atoms with Crippen molar-refractivity contribution in [2.24, 2.45) is 17.6 Å². The molecule has 2 aliphatic rings. The lowest BCUT2D eigenvalue weighted by molar-refractivity contribution is -0.123. The third kappa shape index (κ3) is 3.96. The zero-order valence-corrected chi connectivity index (χ0v) is 10.8. The molecule has 2 unspecified atom stereocenters.